The molecule has 10 heteroatoms. The molecule has 0 saturated heterocycles. The number of carbonyl (C=O) groups excluding carboxylic acids is 1. The summed E-state index contributed by atoms with van der Waals surface area (Å²) >= 11 is 0. The van der Waals surface area contributed by atoms with E-state index in [4.69, 9.17) is 9.47 Å². The SMILES string of the molecule is COc1nccc(C2CC2(C(=O)NS(=O)(=O)c2cccc3nc(C)ccc23)c2cc(C)ccc2OC)n1. The third-order valence-corrected chi connectivity index (χ3v) is 8.13. The third kappa shape index (κ3) is 4.27. The monoisotopic (exact) mass is 518 g/mol. The average molecular weight is 519 g/mol. The van der Waals surface area contributed by atoms with Gasteiger partial charge in [-0.25, -0.2) is 18.1 Å². The molecule has 0 aliphatic heterocycles. The molecule has 4 aromatic rings. The second-order valence-electron chi connectivity index (χ2n) is 9.11. The van der Waals surface area contributed by atoms with Crippen LogP contribution in [0.5, 0.6) is 11.8 Å². The molecule has 2 aromatic heterocycles. The van der Waals surface area contributed by atoms with Crippen molar-refractivity contribution in [2.24, 2.45) is 0 Å². The molecule has 1 fully saturated rings. The number of amides is 1. The number of carbonyl (C=O) groups is 1. The van der Waals surface area contributed by atoms with Crippen molar-refractivity contribution in [2.45, 2.75) is 36.5 Å². The summed E-state index contributed by atoms with van der Waals surface area (Å²) in [6.07, 6.45) is 1.89. The summed E-state index contributed by atoms with van der Waals surface area (Å²) in [4.78, 5) is 26.9. The highest BCUT2D eigenvalue weighted by atomic mass is 32.2. The number of benzene rings is 2. The number of rotatable bonds is 7. The van der Waals surface area contributed by atoms with Gasteiger partial charge < -0.3 is 9.47 Å². The van der Waals surface area contributed by atoms with E-state index in [1.807, 2.05) is 26.0 Å². The zero-order valence-corrected chi connectivity index (χ0v) is 21.7. The van der Waals surface area contributed by atoms with Gasteiger partial charge in [0.25, 0.3) is 10.0 Å². The van der Waals surface area contributed by atoms with Crippen LogP contribution in [0.4, 0.5) is 0 Å². The molecule has 2 unspecified atom stereocenters. The van der Waals surface area contributed by atoms with E-state index in [9.17, 15) is 13.2 Å². The van der Waals surface area contributed by atoms with Crippen LogP contribution in [0.15, 0.2) is 65.7 Å². The van der Waals surface area contributed by atoms with Gasteiger partial charge in [-0.3, -0.25) is 9.78 Å². The molecule has 37 heavy (non-hydrogen) atoms. The van der Waals surface area contributed by atoms with Gasteiger partial charge in [0.2, 0.25) is 5.91 Å². The molecule has 0 spiro atoms. The predicted molar refractivity (Wildman–Crippen MR) is 137 cm³/mol. The minimum Gasteiger partial charge on any atom is -0.496 e. The number of sulfonamides is 1. The Kier molecular flexibility index (Phi) is 6.07. The number of aromatic nitrogens is 3. The number of nitrogens with zero attached hydrogens (tertiary/aromatic N) is 3. The lowest BCUT2D eigenvalue weighted by atomic mass is 9.89. The standard InChI is InChI=1S/C27H26N4O5S/c1-16-8-11-23(35-3)19(14-16)27(15-20(27)22-12-13-28-26(30-22)36-4)25(32)31-37(33,34)24-7-5-6-21-18(24)10-9-17(2)29-21/h5-14,20H,15H2,1-4H3,(H,31,32). The molecule has 0 radical (unpaired) electrons. The summed E-state index contributed by atoms with van der Waals surface area (Å²) in [5, 5.41) is 0.434. The van der Waals surface area contributed by atoms with Gasteiger partial charge in [0.1, 0.15) is 5.75 Å². The number of fused-ring (bicyclic) bond motifs is 1. The maximum atomic E-state index is 14.0. The van der Waals surface area contributed by atoms with E-state index >= 15 is 0 Å². The van der Waals surface area contributed by atoms with E-state index in [2.05, 4.69) is 19.7 Å². The Hall–Kier alpha value is -4.05. The quantitative estimate of drug-likeness (QED) is 0.394. The number of methoxy groups -OCH3 is 2. The third-order valence-electron chi connectivity index (χ3n) is 6.74. The zero-order valence-electron chi connectivity index (χ0n) is 20.8. The lowest BCUT2D eigenvalue weighted by Crippen LogP contribution is -2.40. The van der Waals surface area contributed by atoms with E-state index < -0.39 is 27.3 Å². The van der Waals surface area contributed by atoms with Crippen molar-refractivity contribution in [3.05, 3.63) is 83.3 Å². The Balaban J connectivity index is 1.60. The first-order valence-corrected chi connectivity index (χ1v) is 13.1. The van der Waals surface area contributed by atoms with Crippen molar-refractivity contribution in [2.75, 3.05) is 14.2 Å². The van der Waals surface area contributed by atoms with Gasteiger partial charge in [0.05, 0.1) is 35.7 Å². The van der Waals surface area contributed by atoms with Gasteiger partial charge in [-0.15, -0.1) is 0 Å². The molecule has 2 aromatic carbocycles. The van der Waals surface area contributed by atoms with Gasteiger partial charge in [0.15, 0.2) is 0 Å². The van der Waals surface area contributed by atoms with Crippen LogP contribution in [0.2, 0.25) is 0 Å². The van der Waals surface area contributed by atoms with Gasteiger partial charge >= 0.3 is 6.01 Å². The first-order chi connectivity index (χ1) is 17.7. The van der Waals surface area contributed by atoms with Crippen LogP contribution >= 0.6 is 0 Å². The van der Waals surface area contributed by atoms with Crippen molar-refractivity contribution < 1.29 is 22.7 Å². The van der Waals surface area contributed by atoms with Crippen LogP contribution < -0.4 is 14.2 Å². The topological polar surface area (TPSA) is 120 Å². The molecule has 1 aliphatic carbocycles. The minimum absolute atomic E-state index is 0.0156. The molecule has 2 atom stereocenters. The van der Waals surface area contributed by atoms with Crippen LogP contribution in [0.1, 0.15) is 34.9 Å². The smallest absolute Gasteiger partial charge is 0.316 e. The fraction of sp³-hybridized carbons (Fsp3) is 0.259. The number of hydrogen-bond donors (Lipinski definition) is 1. The number of nitrogens with one attached hydrogen (secondary N) is 1. The lowest BCUT2D eigenvalue weighted by molar-refractivity contribution is -0.122. The summed E-state index contributed by atoms with van der Waals surface area (Å²) in [7, 11) is -1.25. The molecule has 1 N–H and O–H groups in total. The highest BCUT2D eigenvalue weighted by Crippen LogP contribution is 2.62. The molecule has 0 bridgehead atoms. The molecule has 1 amide bonds. The van der Waals surface area contributed by atoms with Gasteiger partial charge in [-0.2, -0.15) is 4.98 Å². The van der Waals surface area contributed by atoms with E-state index in [-0.39, 0.29) is 10.9 Å². The van der Waals surface area contributed by atoms with E-state index in [1.54, 1.807) is 42.6 Å². The summed E-state index contributed by atoms with van der Waals surface area (Å²) in [6, 6.07) is 15.6. The van der Waals surface area contributed by atoms with Crippen LogP contribution in [0.3, 0.4) is 0 Å². The Labute approximate surface area is 214 Å². The van der Waals surface area contributed by atoms with E-state index in [0.29, 0.717) is 34.3 Å². The van der Waals surface area contributed by atoms with Gasteiger partial charge in [0, 0.05) is 28.8 Å². The van der Waals surface area contributed by atoms with Crippen molar-refractivity contribution in [1.82, 2.24) is 19.7 Å². The second kappa shape index (κ2) is 9.11. The second-order valence-corrected chi connectivity index (χ2v) is 10.8. The first kappa shape index (κ1) is 24.6. The Bertz CT molecular complexity index is 1640. The molecular weight excluding hydrogens is 492 g/mol. The van der Waals surface area contributed by atoms with Crippen molar-refractivity contribution in [3.63, 3.8) is 0 Å². The summed E-state index contributed by atoms with van der Waals surface area (Å²) in [5.41, 5.74) is 2.16. The molecule has 1 aliphatic rings. The fourth-order valence-electron chi connectivity index (χ4n) is 4.84. The van der Waals surface area contributed by atoms with Crippen molar-refractivity contribution >= 4 is 26.8 Å². The minimum atomic E-state index is -4.24. The first-order valence-electron chi connectivity index (χ1n) is 11.7. The zero-order chi connectivity index (χ0) is 26.4. The average Bonchev–Trinajstić information content (AvgIpc) is 3.65. The molecule has 2 heterocycles. The summed E-state index contributed by atoms with van der Waals surface area (Å²) < 4.78 is 40.3. The lowest BCUT2D eigenvalue weighted by Gasteiger charge is -2.21. The van der Waals surface area contributed by atoms with Crippen LogP contribution in [-0.2, 0) is 20.2 Å². The predicted octanol–water partition coefficient (Wildman–Crippen LogP) is 3.59. The Morgan fingerprint density at radius 3 is 2.59 bits per heavy atom. The molecule has 5 rings (SSSR count). The molecular formula is C27H26N4O5S. The number of pyridine rings is 1. The number of aryl methyl sites for hydroxylation is 2. The summed E-state index contributed by atoms with van der Waals surface area (Å²) in [5.74, 6) is -0.574. The van der Waals surface area contributed by atoms with Crippen molar-refractivity contribution in [1.29, 1.82) is 0 Å². The van der Waals surface area contributed by atoms with Crippen LogP contribution in [0, 0.1) is 13.8 Å². The maximum Gasteiger partial charge on any atom is 0.316 e. The fourth-order valence-corrected chi connectivity index (χ4v) is 6.09. The highest BCUT2D eigenvalue weighted by Gasteiger charge is 2.64. The number of hydrogen-bond acceptors (Lipinski definition) is 8. The maximum absolute atomic E-state index is 14.0. The van der Waals surface area contributed by atoms with Gasteiger partial charge in [-0.05, 0) is 56.7 Å². The summed E-state index contributed by atoms with van der Waals surface area (Å²) in [6.45, 7) is 3.73. The largest absolute Gasteiger partial charge is 0.496 e. The molecule has 190 valence electrons. The Morgan fingerprint density at radius 1 is 1.03 bits per heavy atom. The van der Waals surface area contributed by atoms with Gasteiger partial charge in [-0.1, -0.05) is 23.8 Å². The van der Waals surface area contributed by atoms with Crippen molar-refractivity contribution in [3.8, 4) is 11.8 Å². The normalized spacial score (nSPS) is 18.9. The van der Waals surface area contributed by atoms with Crippen LogP contribution in [-0.4, -0.2) is 43.5 Å². The Morgan fingerprint density at radius 2 is 1.84 bits per heavy atom. The van der Waals surface area contributed by atoms with Crippen LogP contribution in [0.25, 0.3) is 10.9 Å². The van der Waals surface area contributed by atoms with E-state index in [0.717, 1.165) is 11.3 Å². The highest BCUT2D eigenvalue weighted by molar-refractivity contribution is 7.90. The molecule has 1 saturated carbocycles. The number of ether oxygens (including phenoxy) is 2. The molecule has 9 nitrogen and oxygen atoms in total. The van der Waals surface area contributed by atoms with E-state index in [1.165, 1.54) is 20.3 Å².